The van der Waals surface area contributed by atoms with Gasteiger partial charge >= 0.3 is 5.97 Å². The van der Waals surface area contributed by atoms with Gasteiger partial charge in [0.2, 0.25) is 0 Å². The fourth-order valence-electron chi connectivity index (χ4n) is 1.95. The number of fused-ring (bicyclic) bond motifs is 1. The molecule has 0 amide bonds. The maximum Gasteiger partial charge on any atom is 0.322 e. The lowest BCUT2D eigenvalue weighted by molar-refractivity contribution is -0.145. The lowest BCUT2D eigenvalue weighted by atomic mass is 10.3. The predicted molar refractivity (Wildman–Crippen MR) is 73.6 cm³/mol. The smallest absolute Gasteiger partial charge is 0.322 e. The summed E-state index contributed by atoms with van der Waals surface area (Å²) in [5.74, 6) is 0.665. The number of aromatic nitrogens is 2. The van der Waals surface area contributed by atoms with Gasteiger partial charge in [0.15, 0.2) is 0 Å². The standard InChI is InChI=1S/C14H19N3O2/c1-4-19-14(18)10(2)15-9-13-16-11-7-5-6-8-12(11)17(13)3/h5-8,10,15H,4,9H2,1-3H3. The van der Waals surface area contributed by atoms with Crippen LogP contribution >= 0.6 is 0 Å². The molecule has 0 aliphatic rings. The third-order valence-corrected chi connectivity index (χ3v) is 3.09. The molecule has 1 unspecified atom stereocenters. The van der Waals surface area contributed by atoms with Crippen LogP contribution in [0.3, 0.4) is 0 Å². The van der Waals surface area contributed by atoms with Crippen molar-refractivity contribution in [2.45, 2.75) is 26.4 Å². The Morgan fingerprint density at radius 2 is 2.21 bits per heavy atom. The van der Waals surface area contributed by atoms with Crippen LogP contribution in [-0.2, 0) is 23.1 Å². The number of ether oxygens (including phenoxy) is 1. The van der Waals surface area contributed by atoms with Gasteiger partial charge in [0.1, 0.15) is 11.9 Å². The molecule has 5 heteroatoms. The van der Waals surface area contributed by atoms with E-state index in [0.29, 0.717) is 13.2 Å². The average molecular weight is 261 g/mol. The zero-order chi connectivity index (χ0) is 13.8. The molecule has 19 heavy (non-hydrogen) atoms. The largest absolute Gasteiger partial charge is 0.465 e. The van der Waals surface area contributed by atoms with Gasteiger partial charge in [-0.05, 0) is 26.0 Å². The van der Waals surface area contributed by atoms with Crippen molar-refractivity contribution >= 4 is 17.0 Å². The molecule has 1 aromatic carbocycles. The molecule has 0 aliphatic carbocycles. The van der Waals surface area contributed by atoms with E-state index in [9.17, 15) is 4.79 Å². The van der Waals surface area contributed by atoms with Gasteiger partial charge in [-0.3, -0.25) is 10.1 Å². The number of carbonyl (C=O) groups excluding carboxylic acids is 1. The molecule has 102 valence electrons. The molecule has 1 atom stereocenters. The summed E-state index contributed by atoms with van der Waals surface area (Å²) >= 11 is 0. The number of rotatable bonds is 5. The predicted octanol–water partition coefficient (Wildman–Crippen LogP) is 1.61. The zero-order valence-corrected chi connectivity index (χ0v) is 11.5. The van der Waals surface area contributed by atoms with E-state index in [1.54, 1.807) is 13.8 Å². The van der Waals surface area contributed by atoms with Gasteiger partial charge in [-0.25, -0.2) is 4.98 Å². The summed E-state index contributed by atoms with van der Waals surface area (Å²) in [4.78, 5) is 16.0. The second-order valence-electron chi connectivity index (χ2n) is 4.43. The van der Waals surface area contributed by atoms with E-state index < -0.39 is 0 Å². The first kappa shape index (κ1) is 13.5. The van der Waals surface area contributed by atoms with E-state index >= 15 is 0 Å². The summed E-state index contributed by atoms with van der Waals surface area (Å²) in [7, 11) is 1.97. The van der Waals surface area contributed by atoms with Gasteiger partial charge in [-0.1, -0.05) is 12.1 Å². The van der Waals surface area contributed by atoms with E-state index in [4.69, 9.17) is 4.74 Å². The first-order valence-corrected chi connectivity index (χ1v) is 6.43. The van der Waals surface area contributed by atoms with Crippen molar-refractivity contribution in [1.29, 1.82) is 0 Å². The SMILES string of the molecule is CCOC(=O)C(C)NCc1nc2ccccc2n1C. The second-order valence-corrected chi connectivity index (χ2v) is 4.43. The number of hydrogen-bond donors (Lipinski definition) is 1. The van der Waals surface area contributed by atoms with Crippen molar-refractivity contribution in [3.63, 3.8) is 0 Å². The van der Waals surface area contributed by atoms with Gasteiger partial charge in [0.25, 0.3) is 0 Å². The Kier molecular flexibility index (Phi) is 4.16. The quantitative estimate of drug-likeness (QED) is 0.831. The topological polar surface area (TPSA) is 56.1 Å². The molecular weight excluding hydrogens is 242 g/mol. The summed E-state index contributed by atoms with van der Waals surface area (Å²) in [6.45, 7) is 4.53. The van der Waals surface area contributed by atoms with Gasteiger partial charge in [0, 0.05) is 7.05 Å². The number of benzene rings is 1. The summed E-state index contributed by atoms with van der Waals surface area (Å²) in [6, 6.07) is 7.63. The second kappa shape index (κ2) is 5.84. The highest BCUT2D eigenvalue weighted by molar-refractivity contribution is 5.76. The van der Waals surface area contributed by atoms with E-state index in [1.807, 2.05) is 35.9 Å². The van der Waals surface area contributed by atoms with Crippen LogP contribution < -0.4 is 5.32 Å². The Labute approximate surface area is 112 Å². The number of para-hydroxylation sites is 2. The molecule has 1 N–H and O–H groups in total. The van der Waals surface area contributed by atoms with Crippen molar-refractivity contribution in [1.82, 2.24) is 14.9 Å². The monoisotopic (exact) mass is 261 g/mol. The summed E-state index contributed by atoms with van der Waals surface area (Å²) in [5, 5.41) is 3.13. The molecule has 5 nitrogen and oxygen atoms in total. The van der Waals surface area contributed by atoms with E-state index in [0.717, 1.165) is 16.9 Å². The van der Waals surface area contributed by atoms with Gasteiger partial charge < -0.3 is 9.30 Å². The summed E-state index contributed by atoms with van der Waals surface area (Å²) in [5.41, 5.74) is 2.05. The van der Waals surface area contributed by atoms with Crippen LogP contribution in [0.4, 0.5) is 0 Å². The molecule has 0 aliphatic heterocycles. The Bertz CT molecular complexity index is 577. The average Bonchev–Trinajstić information content (AvgIpc) is 2.73. The zero-order valence-electron chi connectivity index (χ0n) is 11.5. The molecule has 0 fully saturated rings. The molecule has 0 radical (unpaired) electrons. The van der Waals surface area contributed by atoms with Crippen molar-refractivity contribution < 1.29 is 9.53 Å². The van der Waals surface area contributed by atoms with Gasteiger partial charge in [-0.2, -0.15) is 0 Å². The molecule has 0 saturated heterocycles. The highest BCUT2D eigenvalue weighted by Gasteiger charge is 2.14. The minimum atomic E-state index is -0.334. The number of aryl methyl sites for hydroxylation is 1. The number of nitrogens with one attached hydrogen (secondary N) is 1. The normalized spacial score (nSPS) is 12.6. The van der Waals surface area contributed by atoms with Crippen molar-refractivity contribution in [3.8, 4) is 0 Å². The molecule has 2 rings (SSSR count). The maximum absolute atomic E-state index is 11.5. The number of esters is 1. The lowest BCUT2D eigenvalue weighted by Crippen LogP contribution is -2.35. The summed E-state index contributed by atoms with van der Waals surface area (Å²) in [6.07, 6.45) is 0. The molecule has 1 aromatic heterocycles. The number of imidazole rings is 1. The van der Waals surface area contributed by atoms with Crippen LogP contribution in [0.25, 0.3) is 11.0 Å². The third kappa shape index (κ3) is 2.93. The van der Waals surface area contributed by atoms with E-state index in [2.05, 4.69) is 10.3 Å². The molecule has 0 spiro atoms. The van der Waals surface area contributed by atoms with Crippen molar-refractivity contribution in [2.24, 2.45) is 7.05 Å². The number of hydrogen-bond acceptors (Lipinski definition) is 4. The first-order valence-electron chi connectivity index (χ1n) is 6.43. The first-order chi connectivity index (χ1) is 9.13. The van der Waals surface area contributed by atoms with Crippen LogP contribution in [0.5, 0.6) is 0 Å². The molecule has 2 aromatic rings. The van der Waals surface area contributed by atoms with Crippen LogP contribution in [0, 0.1) is 0 Å². The molecule has 0 bridgehead atoms. The Morgan fingerprint density at radius 1 is 1.47 bits per heavy atom. The fraction of sp³-hybridized carbons (Fsp3) is 0.429. The maximum atomic E-state index is 11.5. The minimum Gasteiger partial charge on any atom is -0.465 e. The fourth-order valence-corrected chi connectivity index (χ4v) is 1.95. The molecule has 1 heterocycles. The highest BCUT2D eigenvalue weighted by atomic mass is 16.5. The third-order valence-electron chi connectivity index (χ3n) is 3.09. The molecule has 0 saturated carbocycles. The lowest BCUT2D eigenvalue weighted by Gasteiger charge is -2.12. The minimum absolute atomic E-state index is 0.235. The molecular formula is C14H19N3O2. The van der Waals surface area contributed by atoms with Crippen LogP contribution in [0.1, 0.15) is 19.7 Å². The van der Waals surface area contributed by atoms with Crippen molar-refractivity contribution in [2.75, 3.05) is 6.61 Å². The Balaban J connectivity index is 2.06. The highest BCUT2D eigenvalue weighted by Crippen LogP contribution is 2.13. The van der Waals surface area contributed by atoms with Crippen LogP contribution in [0.15, 0.2) is 24.3 Å². The summed E-state index contributed by atoms with van der Waals surface area (Å²) < 4.78 is 6.98. The Hall–Kier alpha value is -1.88. The van der Waals surface area contributed by atoms with Crippen LogP contribution in [-0.4, -0.2) is 28.2 Å². The van der Waals surface area contributed by atoms with Gasteiger partial charge in [-0.15, -0.1) is 0 Å². The Morgan fingerprint density at radius 3 is 2.89 bits per heavy atom. The van der Waals surface area contributed by atoms with Crippen molar-refractivity contribution in [3.05, 3.63) is 30.1 Å². The van der Waals surface area contributed by atoms with E-state index in [1.165, 1.54) is 0 Å². The van der Waals surface area contributed by atoms with E-state index in [-0.39, 0.29) is 12.0 Å². The number of nitrogens with zero attached hydrogens (tertiary/aromatic N) is 2. The van der Waals surface area contributed by atoms with Crippen LogP contribution in [0.2, 0.25) is 0 Å². The van der Waals surface area contributed by atoms with Gasteiger partial charge in [0.05, 0.1) is 24.2 Å². The number of carbonyl (C=O) groups is 1.